The Morgan fingerprint density at radius 2 is 2.05 bits per heavy atom. The van der Waals surface area contributed by atoms with Gasteiger partial charge in [0, 0.05) is 16.8 Å². The van der Waals surface area contributed by atoms with Crippen molar-refractivity contribution in [2.45, 2.75) is 24.5 Å². The first kappa shape index (κ1) is 14.4. The topological polar surface area (TPSA) is 71.5 Å². The average Bonchev–Trinajstić information content (AvgIpc) is 2.48. The maximum atomic E-state index is 8.66. The van der Waals surface area contributed by atoms with E-state index in [1.807, 2.05) is 12.1 Å². The van der Waals surface area contributed by atoms with Gasteiger partial charge in [0.15, 0.2) is 5.84 Å². The second-order valence-electron chi connectivity index (χ2n) is 4.57. The molecule has 20 heavy (non-hydrogen) atoms. The van der Waals surface area contributed by atoms with Crippen molar-refractivity contribution in [2.75, 3.05) is 0 Å². The Hall–Kier alpha value is -2.01. The number of amidine groups is 1. The number of aromatic nitrogens is 1. The van der Waals surface area contributed by atoms with E-state index in [9.17, 15) is 0 Å². The lowest BCUT2D eigenvalue weighted by Crippen LogP contribution is -2.15. The Morgan fingerprint density at radius 1 is 1.25 bits per heavy atom. The lowest BCUT2D eigenvalue weighted by Gasteiger charge is -2.06. The molecule has 0 saturated carbocycles. The molecule has 0 amide bonds. The number of hydrogen-bond acceptors (Lipinski definition) is 4. The van der Waals surface area contributed by atoms with Gasteiger partial charge in [-0.3, -0.25) is 4.98 Å². The van der Waals surface area contributed by atoms with Gasteiger partial charge in [0.2, 0.25) is 0 Å². The van der Waals surface area contributed by atoms with Crippen molar-refractivity contribution < 1.29 is 5.21 Å². The molecule has 5 heteroatoms. The summed E-state index contributed by atoms with van der Waals surface area (Å²) in [4.78, 5) is 5.30. The molecule has 0 aliphatic carbocycles. The number of pyridine rings is 1. The largest absolute Gasteiger partial charge is 0.409 e. The fraction of sp³-hybridized carbons (Fsp3) is 0.200. The van der Waals surface area contributed by atoms with Crippen molar-refractivity contribution in [1.82, 2.24) is 4.98 Å². The lowest BCUT2D eigenvalue weighted by molar-refractivity contribution is 0.318. The SMILES string of the molecule is Cc1ccc(SCc2ccnc(C(N)=NO)c2)cc1C. The molecule has 1 aromatic carbocycles. The minimum absolute atomic E-state index is 0.0306. The van der Waals surface area contributed by atoms with Gasteiger partial charge in [-0.05, 0) is 54.8 Å². The summed E-state index contributed by atoms with van der Waals surface area (Å²) in [5, 5.41) is 11.6. The molecular formula is C15H17N3OS. The van der Waals surface area contributed by atoms with E-state index < -0.39 is 0 Å². The van der Waals surface area contributed by atoms with Crippen LogP contribution in [-0.2, 0) is 5.75 Å². The van der Waals surface area contributed by atoms with Gasteiger partial charge < -0.3 is 10.9 Å². The van der Waals surface area contributed by atoms with Crippen LogP contribution in [0.15, 0.2) is 46.6 Å². The van der Waals surface area contributed by atoms with Crippen LogP contribution in [0.2, 0.25) is 0 Å². The van der Waals surface area contributed by atoms with E-state index in [4.69, 9.17) is 10.9 Å². The molecule has 0 spiro atoms. The van der Waals surface area contributed by atoms with Crippen LogP contribution < -0.4 is 5.73 Å². The third-order valence-electron chi connectivity index (χ3n) is 3.08. The normalized spacial score (nSPS) is 11.6. The molecule has 0 fully saturated rings. The van der Waals surface area contributed by atoms with Gasteiger partial charge in [-0.25, -0.2) is 0 Å². The molecule has 4 nitrogen and oxygen atoms in total. The van der Waals surface area contributed by atoms with Gasteiger partial charge in [0.25, 0.3) is 0 Å². The van der Waals surface area contributed by atoms with Gasteiger partial charge in [-0.15, -0.1) is 11.8 Å². The standard InChI is InChI=1S/C15H17N3OS/c1-10-3-4-13(7-11(10)2)20-9-12-5-6-17-14(8-12)15(16)18-19/h3-8,19H,9H2,1-2H3,(H2,16,18). The third kappa shape index (κ3) is 3.51. The lowest BCUT2D eigenvalue weighted by atomic mass is 10.1. The van der Waals surface area contributed by atoms with Gasteiger partial charge >= 0.3 is 0 Å². The molecule has 1 aromatic heterocycles. The van der Waals surface area contributed by atoms with E-state index in [2.05, 4.69) is 42.2 Å². The summed E-state index contributed by atoms with van der Waals surface area (Å²) in [5.74, 6) is 0.847. The molecule has 0 aliphatic heterocycles. The minimum atomic E-state index is 0.0306. The van der Waals surface area contributed by atoms with E-state index in [1.165, 1.54) is 16.0 Å². The highest BCUT2D eigenvalue weighted by atomic mass is 32.2. The molecule has 0 bridgehead atoms. The zero-order valence-corrected chi connectivity index (χ0v) is 12.3. The highest BCUT2D eigenvalue weighted by Gasteiger charge is 2.03. The first-order valence-corrected chi connectivity index (χ1v) is 7.21. The summed E-state index contributed by atoms with van der Waals surface area (Å²) >= 11 is 1.75. The maximum absolute atomic E-state index is 8.66. The van der Waals surface area contributed by atoms with E-state index in [1.54, 1.807) is 18.0 Å². The summed E-state index contributed by atoms with van der Waals surface area (Å²) in [6, 6.07) is 10.2. The molecule has 1 heterocycles. The summed E-state index contributed by atoms with van der Waals surface area (Å²) in [6.07, 6.45) is 1.67. The predicted molar refractivity (Wildman–Crippen MR) is 82.2 cm³/mol. The second kappa shape index (κ2) is 6.43. The fourth-order valence-corrected chi connectivity index (χ4v) is 2.66. The van der Waals surface area contributed by atoms with E-state index in [0.717, 1.165) is 11.3 Å². The zero-order valence-electron chi connectivity index (χ0n) is 11.5. The number of hydrogen-bond donors (Lipinski definition) is 2. The quantitative estimate of drug-likeness (QED) is 0.298. The Bertz CT molecular complexity index is 641. The number of thioether (sulfide) groups is 1. The molecule has 2 aromatic rings. The molecule has 0 saturated heterocycles. The Balaban J connectivity index is 2.09. The number of benzene rings is 1. The van der Waals surface area contributed by atoms with E-state index >= 15 is 0 Å². The molecule has 3 N–H and O–H groups in total. The summed E-state index contributed by atoms with van der Waals surface area (Å²) in [6.45, 7) is 4.22. The van der Waals surface area contributed by atoms with Crippen molar-refractivity contribution in [3.8, 4) is 0 Å². The van der Waals surface area contributed by atoms with Crippen molar-refractivity contribution in [3.05, 3.63) is 58.9 Å². The molecule has 0 aliphatic rings. The first-order valence-electron chi connectivity index (χ1n) is 6.23. The molecule has 104 valence electrons. The molecule has 0 radical (unpaired) electrons. The maximum Gasteiger partial charge on any atom is 0.188 e. The zero-order chi connectivity index (χ0) is 14.5. The van der Waals surface area contributed by atoms with Crippen molar-refractivity contribution in [1.29, 1.82) is 0 Å². The molecular weight excluding hydrogens is 270 g/mol. The number of rotatable bonds is 4. The molecule has 2 rings (SSSR count). The molecule has 0 unspecified atom stereocenters. The van der Waals surface area contributed by atoms with Crippen LogP contribution in [0.5, 0.6) is 0 Å². The number of aryl methyl sites for hydroxylation is 2. The van der Waals surface area contributed by atoms with Crippen molar-refractivity contribution in [2.24, 2.45) is 10.9 Å². The third-order valence-corrected chi connectivity index (χ3v) is 4.14. The average molecular weight is 287 g/mol. The first-order chi connectivity index (χ1) is 9.60. The van der Waals surface area contributed by atoms with Crippen LogP contribution in [-0.4, -0.2) is 16.0 Å². The highest BCUT2D eigenvalue weighted by molar-refractivity contribution is 7.98. The predicted octanol–water partition coefficient (Wildman–Crippen LogP) is 3.09. The van der Waals surface area contributed by atoms with E-state index in [0.29, 0.717) is 5.69 Å². The number of nitrogens with zero attached hydrogens (tertiary/aromatic N) is 2. The van der Waals surface area contributed by atoms with Crippen LogP contribution in [0, 0.1) is 13.8 Å². The smallest absolute Gasteiger partial charge is 0.188 e. The monoisotopic (exact) mass is 287 g/mol. The Kier molecular flexibility index (Phi) is 4.63. The van der Waals surface area contributed by atoms with Gasteiger partial charge in [-0.2, -0.15) is 0 Å². The Labute approximate surface area is 122 Å². The van der Waals surface area contributed by atoms with E-state index in [-0.39, 0.29) is 5.84 Å². The fourth-order valence-electron chi connectivity index (χ4n) is 1.73. The van der Waals surface area contributed by atoms with Gasteiger partial charge in [0.05, 0.1) is 0 Å². The number of oxime groups is 1. The minimum Gasteiger partial charge on any atom is -0.409 e. The summed E-state index contributed by atoms with van der Waals surface area (Å²) in [7, 11) is 0. The van der Waals surface area contributed by atoms with Crippen LogP contribution >= 0.6 is 11.8 Å². The van der Waals surface area contributed by atoms with Gasteiger partial charge in [0.1, 0.15) is 5.69 Å². The van der Waals surface area contributed by atoms with Crippen molar-refractivity contribution >= 4 is 17.6 Å². The van der Waals surface area contributed by atoms with Gasteiger partial charge in [-0.1, -0.05) is 11.2 Å². The second-order valence-corrected chi connectivity index (χ2v) is 5.62. The van der Waals surface area contributed by atoms with Crippen LogP contribution in [0.25, 0.3) is 0 Å². The summed E-state index contributed by atoms with van der Waals surface area (Å²) < 4.78 is 0. The van der Waals surface area contributed by atoms with Crippen LogP contribution in [0.1, 0.15) is 22.4 Å². The van der Waals surface area contributed by atoms with Crippen molar-refractivity contribution in [3.63, 3.8) is 0 Å². The van der Waals surface area contributed by atoms with Crippen LogP contribution in [0.4, 0.5) is 0 Å². The Morgan fingerprint density at radius 3 is 2.75 bits per heavy atom. The number of nitrogens with two attached hydrogens (primary N) is 1. The molecule has 0 atom stereocenters. The van der Waals surface area contributed by atoms with Crippen LogP contribution in [0.3, 0.4) is 0 Å². The summed E-state index contributed by atoms with van der Waals surface area (Å²) in [5.41, 5.74) is 9.71. The highest BCUT2D eigenvalue weighted by Crippen LogP contribution is 2.24.